The molecule has 0 saturated carbocycles. The fraction of sp³-hybridized carbons (Fsp3) is 0.667. The summed E-state index contributed by atoms with van der Waals surface area (Å²) in [6, 6.07) is 3.90. The number of rotatable bonds is 4. The molecule has 2 aliphatic rings. The Hall–Kier alpha value is -1.53. The van der Waals surface area contributed by atoms with Gasteiger partial charge in [-0.25, -0.2) is 9.67 Å². The van der Waals surface area contributed by atoms with Gasteiger partial charge in [0, 0.05) is 22.4 Å². The van der Waals surface area contributed by atoms with Crippen LogP contribution in [0.5, 0.6) is 0 Å². The van der Waals surface area contributed by atoms with Gasteiger partial charge in [-0.3, -0.25) is 9.69 Å². The average molecular weight is 387 g/mol. The molecular weight excluding hydrogens is 356 g/mol. The molecule has 1 aliphatic carbocycles. The second-order valence-corrected chi connectivity index (χ2v) is 10.1. The molecule has 146 valence electrons. The Morgan fingerprint density at radius 1 is 1.19 bits per heavy atom. The van der Waals surface area contributed by atoms with Crippen molar-refractivity contribution >= 4 is 11.3 Å². The number of thiazole rings is 1. The number of hydrogen-bond donors (Lipinski definition) is 0. The molecule has 1 aliphatic heterocycles. The van der Waals surface area contributed by atoms with Gasteiger partial charge in [0.15, 0.2) is 0 Å². The van der Waals surface area contributed by atoms with Crippen LogP contribution in [-0.2, 0) is 31.3 Å². The van der Waals surface area contributed by atoms with Gasteiger partial charge in [-0.1, -0.05) is 20.8 Å². The standard InChI is InChI=1S/C21H30N4OS/c1-21(2,3)18-10-11-20(26)25(23-18)13-15-7-6-12-24(15)14-19-22-16-8-4-5-9-17(16)27-19/h10-11,15H,4-9,12-14H2,1-3H3. The molecule has 2 aromatic heterocycles. The highest BCUT2D eigenvalue weighted by molar-refractivity contribution is 7.11. The first kappa shape index (κ1) is 18.8. The van der Waals surface area contributed by atoms with E-state index in [9.17, 15) is 4.79 Å². The molecule has 2 aromatic rings. The molecule has 1 fully saturated rings. The second-order valence-electron chi connectivity index (χ2n) is 8.94. The molecule has 1 atom stereocenters. The molecule has 0 radical (unpaired) electrons. The molecule has 4 rings (SSSR count). The minimum Gasteiger partial charge on any atom is -0.292 e. The van der Waals surface area contributed by atoms with Crippen molar-refractivity contribution in [1.82, 2.24) is 19.7 Å². The van der Waals surface area contributed by atoms with Crippen molar-refractivity contribution in [3.63, 3.8) is 0 Å². The molecule has 0 aromatic carbocycles. The predicted octanol–water partition coefficient (Wildman–Crippen LogP) is 3.54. The predicted molar refractivity (Wildman–Crippen MR) is 109 cm³/mol. The van der Waals surface area contributed by atoms with Gasteiger partial charge < -0.3 is 0 Å². The van der Waals surface area contributed by atoms with E-state index in [1.807, 2.05) is 17.4 Å². The minimum atomic E-state index is -0.0508. The molecule has 1 unspecified atom stereocenters. The van der Waals surface area contributed by atoms with Crippen molar-refractivity contribution in [3.8, 4) is 0 Å². The van der Waals surface area contributed by atoms with Crippen LogP contribution in [0.2, 0.25) is 0 Å². The van der Waals surface area contributed by atoms with Crippen LogP contribution in [0.1, 0.15) is 67.7 Å². The van der Waals surface area contributed by atoms with E-state index in [0.717, 1.165) is 31.6 Å². The first-order valence-electron chi connectivity index (χ1n) is 10.2. The lowest BCUT2D eigenvalue weighted by atomic mass is 9.92. The van der Waals surface area contributed by atoms with Gasteiger partial charge in [0.1, 0.15) is 5.01 Å². The first-order chi connectivity index (χ1) is 12.9. The number of likely N-dealkylation sites (tertiary alicyclic amines) is 1. The van der Waals surface area contributed by atoms with Gasteiger partial charge in [-0.15, -0.1) is 11.3 Å². The van der Waals surface area contributed by atoms with Gasteiger partial charge in [0.2, 0.25) is 0 Å². The lowest BCUT2D eigenvalue weighted by Gasteiger charge is -2.25. The average Bonchev–Trinajstić information content (AvgIpc) is 3.22. The molecule has 0 amide bonds. The van der Waals surface area contributed by atoms with Gasteiger partial charge in [-0.05, 0) is 51.1 Å². The van der Waals surface area contributed by atoms with Crippen LogP contribution in [0.15, 0.2) is 16.9 Å². The summed E-state index contributed by atoms with van der Waals surface area (Å²) in [6.07, 6.45) is 7.24. The van der Waals surface area contributed by atoms with Crippen LogP contribution >= 0.6 is 11.3 Å². The summed E-state index contributed by atoms with van der Waals surface area (Å²) < 4.78 is 1.68. The molecule has 5 nitrogen and oxygen atoms in total. The summed E-state index contributed by atoms with van der Waals surface area (Å²) in [6.45, 7) is 9.08. The number of aromatic nitrogens is 3. The third kappa shape index (κ3) is 4.16. The van der Waals surface area contributed by atoms with E-state index in [2.05, 4.69) is 30.8 Å². The number of nitrogens with zero attached hydrogens (tertiary/aromatic N) is 4. The normalized spacial score (nSPS) is 20.8. The zero-order valence-corrected chi connectivity index (χ0v) is 17.5. The lowest BCUT2D eigenvalue weighted by molar-refractivity contribution is 0.215. The highest BCUT2D eigenvalue weighted by Gasteiger charge is 2.27. The quantitative estimate of drug-likeness (QED) is 0.806. The lowest BCUT2D eigenvalue weighted by Crippen LogP contribution is -2.37. The SMILES string of the molecule is CC(C)(C)c1ccc(=O)n(CC2CCCN2Cc2nc3c(s2)CCCC3)n1. The second kappa shape index (κ2) is 7.47. The third-order valence-electron chi connectivity index (χ3n) is 5.75. The van der Waals surface area contributed by atoms with Crippen LogP contribution in [0.25, 0.3) is 0 Å². The number of hydrogen-bond acceptors (Lipinski definition) is 5. The Morgan fingerprint density at radius 2 is 2.00 bits per heavy atom. The molecule has 1 saturated heterocycles. The molecular formula is C21H30N4OS. The zero-order chi connectivity index (χ0) is 19.0. The fourth-order valence-electron chi connectivity index (χ4n) is 4.14. The van der Waals surface area contributed by atoms with Crippen LogP contribution in [-0.4, -0.2) is 32.3 Å². The summed E-state index contributed by atoms with van der Waals surface area (Å²) in [5, 5.41) is 5.91. The summed E-state index contributed by atoms with van der Waals surface area (Å²) >= 11 is 1.90. The Bertz CT molecular complexity index is 840. The molecule has 6 heteroatoms. The summed E-state index contributed by atoms with van der Waals surface area (Å²) in [4.78, 5) is 21.3. The van der Waals surface area contributed by atoms with Crippen molar-refractivity contribution in [2.75, 3.05) is 6.54 Å². The topological polar surface area (TPSA) is 51.0 Å². The summed E-state index contributed by atoms with van der Waals surface area (Å²) in [5.74, 6) is 0. The Balaban J connectivity index is 1.49. The largest absolute Gasteiger partial charge is 0.292 e. The first-order valence-corrected chi connectivity index (χ1v) is 11.0. The van der Waals surface area contributed by atoms with Crippen LogP contribution in [0.3, 0.4) is 0 Å². The van der Waals surface area contributed by atoms with Gasteiger partial charge in [0.25, 0.3) is 5.56 Å². The van der Waals surface area contributed by atoms with Crippen LogP contribution in [0, 0.1) is 0 Å². The fourth-order valence-corrected chi connectivity index (χ4v) is 5.32. The molecule has 27 heavy (non-hydrogen) atoms. The van der Waals surface area contributed by atoms with Crippen LogP contribution in [0.4, 0.5) is 0 Å². The Kier molecular flexibility index (Phi) is 5.21. The monoisotopic (exact) mass is 386 g/mol. The van der Waals surface area contributed by atoms with Gasteiger partial charge >= 0.3 is 0 Å². The van der Waals surface area contributed by atoms with E-state index >= 15 is 0 Å². The van der Waals surface area contributed by atoms with E-state index in [-0.39, 0.29) is 11.0 Å². The summed E-state index contributed by atoms with van der Waals surface area (Å²) in [5.41, 5.74) is 2.26. The summed E-state index contributed by atoms with van der Waals surface area (Å²) in [7, 11) is 0. The number of fused-ring (bicyclic) bond motifs is 1. The maximum atomic E-state index is 12.4. The van der Waals surface area contributed by atoms with Crippen molar-refractivity contribution in [1.29, 1.82) is 0 Å². The van der Waals surface area contributed by atoms with Gasteiger partial charge in [-0.2, -0.15) is 5.10 Å². The van der Waals surface area contributed by atoms with E-state index in [0.29, 0.717) is 12.6 Å². The Morgan fingerprint density at radius 3 is 2.78 bits per heavy atom. The molecule has 3 heterocycles. The van der Waals surface area contributed by atoms with Gasteiger partial charge in [0.05, 0.1) is 24.5 Å². The maximum absolute atomic E-state index is 12.4. The van der Waals surface area contributed by atoms with Crippen molar-refractivity contribution in [2.24, 2.45) is 0 Å². The zero-order valence-electron chi connectivity index (χ0n) is 16.7. The molecule has 0 bridgehead atoms. The van der Waals surface area contributed by atoms with E-state index in [1.165, 1.54) is 41.3 Å². The Labute approximate surface area is 165 Å². The highest BCUT2D eigenvalue weighted by Crippen LogP contribution is 2.29. The van der Waals surface area contributed by atoms with Crippen LogP contribution < -0.4 is 5.56 Å². The third-order valence-corrected chi connectivity index (χ3v) is 6.89. The highest BCUT2D eigenvalue weighted by atomic mass is 32.1. The minimum absolute atomic E-state index is 0.000405. The molecule has 0 spiro atoms. The maximum Gasteiger partial charge on any atom is 0.266 e. The van der Waals surface area contributed by atoms with E-state index in [4.69, 9.17) is 4.98 Å². The van der Waals surface area contributed by atoms with Crippen molar-refractivity contribution in [3.05, 3.63) is 43.8 Å². The van der Waals surface area contributed by atoms with E-state index in [1.54, 1.807) is 10.7 Å². The van der Waals surface area contributed by atoms with Crippen molar-refractivity contribution in [2.45, 2.75) is 83.8 Å². The smallest absolute Gasteiger partial charge is 0.266 e. The van der Waals surface area contributed by atoms with Crippen molar-refractivity contribution < 1.29 is 0 Å². The molecule has 0 N–H and O–H groups in total. The van der Waals surface area contributed by atoms with E-state index < -0.39 is 0 Å². The number of aryl methyl sites for hydroxylation is 2.